The van der Waals surface area contributed by atoms with E-state index in [2.05, 4.69) is 36.4 Å². The summed E-state index contributed by atoms with van der Waals surface area (Å²) < 4.78 is 0. The van der Waals surface area contributed by atoms with Gasteiger partial charge in [0.2, 0.25) is 0 Å². The van der Waals surface area contributed by atoms with Crippen molar-refractivity contribution in [2.24, 2.45) is 0 Å². The predicted octanol–water partition coefficient (Wildman–Crippen LogP) is 3.88. The summed E-state index contributed by atoms with van der Waals surface area (Å²) in [5, 5.41) is 8.81. The van der Waals surface area contributed by atoms with Crippen LogP contribution in [0.5, 0.6) is 0 Å². The fourth-order valence-electron chi connectivity index (χ4n) is 1.99. The Bertz CT molecular complexity index is 406. The van der Waals surface area contributed by atoms with Crippen LogP contribution in [0.2, 0.25) is 0 Å². The number of nitriles is 1. The van der Waals surface area contributed by atoms with E-state index in [1.165, 1.54) is 30.4 Å². The van der Waals surface area contributed by atoms with Crippen molar-refractivity contribution >= 4 is 5.57 Å². The molecule has 1 heteroatoms. The maximum Gasteiger partial charge on any atom is 0.0700 e. The van der Waals surface area contributed by atoms with Crippen LogP contribution in [0, 0.1) is 11.3 Å². The second-order valence-corrected chi connectivity index (χ2v) is 4.09. The van der Waals surface area contributed by atoms with E-state index in [0.29, 0.717) is 0 Å². The lowest BCUT2D eigenvalue weighted by molar-refractivity contribution is 0.935. The van der Waals surface area contributed by atoms with E-state index in [4.69, 9.17) is 5.26 Å². The molecular formula is C14H15N. The third-order valence-electron chi connectivity index (χ3n) is 3.02. The molecule has 1 aliphatic carbocycles. The molecule has 76 valence electrons. The molecule has 0 aromatic heterocycles. The molecular weight excluding hydrogens is 182 g/mol. The van der Waals surface area contributed by atoms with E-state index in [-0.39, 0.29) is 5.92 Å². The van der Waals surface area contributed by atoms with E-state index >= 15 is 0 Å². The van der Waals surface area contributed by atoms with Gasteiger partial charge in [0.25, 0.3) is 0 Å². The summed E-state index contributed by atoms with van der Waals surface area (Å²) in [6.07, 6.45) is 6.02. The highest BCUT2D eigenvalue weighted by molar-refractivity contribution is 5.67. The molecule has 0 saturated carbocycles. The summed E-state index contributed by atoms with van der Waals surface area (Å²) in [6, 6.07) is 10.7. The fourth-order valence-corrected chi connectivity index (χ4v) is 1.99. The van der Waals surface area contributed by atoms with Gasteiger partial charge in [0.15, 0.2) is 0 Å². The molecule has 2 rings (SSSR count). The first-order valence-electron chi connectivity index (χ1n) is 5.50. The summed E-state index contributed by atoms with van der Waals surface area (Å²) in [5.41, 5.74) is 3.90. The highest BCUT2D eigenvalue weighted by atomic mass is 14.3. The molecule has 1 aliphatic rings. The van der Waals surface area contributed by atoms with Gasteiger partial charge in [-0.3, -0.25) is 0 Å². The topological polar surface area (TPSA) is 23.8 Å². The van der Waals surface area contributed by atoms with Crippen molar-refractivity contribution in [2.75, 3.05) is 0 Å². The van der Waals surface area contributed by atoms with Gasteiger partial charge in [-0.15, -0.1) is 0 Å². The number of allylic oxidation sites excluding steroid dienone is 2. The molecule has 1 aromatic carbocycles. The Balaban J connectivity index is 2.21. The summed E-state index contributed by atoms with van der Waals surface area (Å²) in [7, 11) is 0. The van der Waals surface area contributed by atoms with Gasteiger partial charge in [-0.1, -0.05) is 30.3 Å². The number of benzene rings is 1. The largest absolute Gasteiger partial charge is 0.198 e. The molecule has 1 nitrogen and oxygen atoms in total. The van der Waals surface area contributed by atoms with Gasteiger partial charge in [0.05, 0.1) is 12.0 Å². The van der Waals surface area contributed by atoms with Crippen LogP contribution in [-0.4, -0.2) is 0 Å². The minimum atomic E-state index is -0.00314. The Morgan fingerprint density at radius 2 is 2.00 bits per heavy atom. The van der Waals surface area contributed by atoms with Crippen LogP contribution >= 0.6 is 0 Å². The summed E-state index contributed by atoms with van der Waals surface area (Å²) in [6.45, 7) is 1.93. The molecule has 1 atom stereocenters. The zero-order valence-corrected chi connectivity index (χ0v) is 9.03. The third kappa shape index (κ3) is 2.10. The van der Waals surface area contributed by atoms with E-state index in [1.54, 1.807) is 0 Å². The van der Waals surface area contributed by atoms with Gasteiger partial charge in [-0.05, 0) is 42.9 Å². The molecule has 0 amide bonds. The standard InChI is InChI=1S/C14H15N/c1-11(10-15)12-6-8-14(9-7-12)13-4-2-3-5-13/h4,6-9,11H,2-3,5H2,1H3. The van der Waals surface area contributed by atoms with Crippen LogP contribution in [0.25, 0.3) is 5.57 Å². The van der Waals surface area contributed by atoms with Crippen LogP contribution in [0.15, 0.2) is 30.3 Å². The first-order valence-corrected chi connectivity index (χ1v) is 5.50. The highest BCUT2D eigenvalue weighted by Crippen LogP contribution is 2.28. The van der Waals surface area contributed by atoms with Crippen LogP contribution < -0.4 is 0 Å². The van der Waals surface area contributed by atoms with Crippen LogP contribution in [0.4, 0.5) is 0 Å². The Labute approximate surface area is 91.0 Å². The van der Waals surface area contributed by atoms with Crippen LogP contribution in [0.3, 0.4) is 0 Å². The van der Waals surface area contributed by atoms with Crippen LogP contribution in [-0.2, 0) is 0 Å². The molecule has 1 unspecified atom stereocenters. The number of hydrogen-bond donors (Lipinski definition) is 0. The second kappa shape index (κ2) is 4.31. The maximum absolute atomic E-state index is 8.81. The molecule has 1 aromatic rings. The average molecular weight is 197 g/mol. The van der Waals surface area contributed by atoms with Crippen molar-refractivity contribution in [3.8, 4) is 6.07 Å². The Morgan fingerprint density at radius 1 is 1.27 bits per heavy atom. The average Bonchev–Trinajstić information content (AvgIpc) is 2.82. The quantitative estimate of drug-likeness (QED) is 0.705. The van der Waals surface area contributed by atoms with Gasteiger partial charge in [0.1, 0.15) is 0 Å². The molecule has 0 bridgehead atoms. The van der Waals surface area contributed by atoms with Gasteiger partial charge >= 0.3 is 0 Å². The lowest BCUT2D eigenvalue weighted by Crippen LogP contribution is -1.89. The number of nitrogens with zero attached hydrogens (tertiary/aromatic N) is 1. The zero-order valence-electron chi connectivity index (χ0n) is 9.03. The molecule has 0 radical (unpaired) electrons. The Morgan fingerprint density at radius 3 is 2.53 bits per heavy atom. The van der Waals surface area contributed by atoms with Crippen molar-refractivity contribution < 1.29 is 0 Å². The third-order valence-corrected chi connectivity index (χ3v) is 3.02. The summed E-state index contributed by atoms with van der Waals surface area (Å²) in [4.78, 5) is 0. The first kappa shape index (κ1) is 9.98. The second-order valence-electron chi connectivity index (χ2n) is 4.09. The normalized spacial score (nSPS) is 16.9. The molecule has 0 N–H and O–H groups in total. The molecule has 0 fully saturated rings. The predicted molar refractivity (Wildman–Crippen MR) is 62.3 cm³/mol. The minimum absolute atomic E-state index is 0.00314. The molecule has 0 saturated heterocycles. The van der Waals surface area contributed by atoms with Crippen molar-refractivity contribution in [1.82, 2.24) is 0 Å². The van der Waals surface area contributed by atoms with E-state index in [9.17, 15) is 0 Å². The highest BCUT2D eigenvalue weighted by Gasteiger charge is 2.08. The Hall–Kier alpha value is -1.55. The van der Waals surface area contributed by atoms with Crippen molar-refractivity contribution in [3.63, 3.8) is 0 Å². The summed E-state index contributed by atoms with van der Waals surface area (Å²) >= 11 is 0. The van der Waals surface area contributed by atoms with Gasteiger partial charge in [-0.25, -0.2) is 0 Å². The maximum atomic E-state index is 8.81. The van der Waals surface area contributed by atoms with Gasteiger partial charge in [-0.2, -0.15) is 5.26 Å². The van der Waals surface area contributed by atoms with Crippen molar-refractivity contribution in [1.29, 1.82) is 5.26 Å². The monoisotopic (exact) mass is 197 g/mol. The molecule has 0 aliphatic heterocycles. The number of rotatable bonds is 2. The van der Waals surface area contributed by atoms with E-state index < -0.39 is 0 Å². The minimum Gasteiger partial charge on any atom is -0.198 e. The van der Waals surface area contributed by atoms with Gasteiger partial charge in [0, 0.05) is 0 Å². The first-order chi connectivity index (χ1) is 7.31. The Kier molecular flexibility index (Phi) is 2.87. The smallest absolute Gasteiger partial charge is 0.0700 e. The van der Waals surface area contributed by atoms with E-state index in [1.807, 2.05) is 6.92 Å². The van der Waals surface area contributed by atoms with Crippen molar-refractivity contribution in [2.45, 2.75) is 32.1 Å². The number of hydrogen-bond acceptors (Lipinski definition) is 1. The van der Waals surface area contributed by atoms with E-state index in [0.717, 1.165) is 5.56 Å². The fraction of sp³-hybridized carbons (Fsp3) is 0.357. The molecule has 0 spiro atoms. The SMILES string of the molecule is CC(C#N)c1ccc(C2=CCCC2)cc1. The van der Waals surface area contributed by atoms with Crippen LogP contribution in [0.1, 0.15) is 43.2 Å². The summed E-state index contributed by atoms with van der Waals surface area (Å²) in [5.74, 6) is -0.00314. The lowest BCUT2D eigenvalue weighted by atomic mass is 9.98. The van der Waals surface area contributed by atoms with Crippen molar-refractivity contribution in [3.05, 3.63) is 41.5 Å². The molecule has 15 heavy (non-hydrogen) atoms. The molecule has 0 heterocycles. The lowest BCUT2D eigenvalue weighted by Gasteiger charge is -2.05. The zero-order chi connectivity index (χ0) is 10.7. The van der Waals surface area contributed by atoms with Gasteiger partial charge < -0.3 is 0 Å².